The summed E-state index contributed by atoms with van der Waals surface area (Å²) in [6.45, 7) is 0.377. The van der Waals surface area contributed by atoms with E-state index in [1.165, 1.54) is 18.0 Å². The summed E-state index contributed by atoms with van der Waals surface area (Å²) < 4.78 is 16.6. The molecule has 0 atom stereocenters. The highest BCUT2D eigenvalue weighted by Gasteiger charge is 2.44. The monoisotopic (exact) mass is 460 g/mol. The molecule has 6 nitrogen and oxygen atoms in total. The Morgan fingerprint density at radius 1 is 1.06 bits per heavy atom. The van der Waals surface area contributed by atoms with Crippen LogP contribution in [0.25, 0.3) is 10.9 Å². The predicted molar refractivity (Wildman–Crippen MR) is 126 cm³/mol. The van der Waals surface area contributed by atoms with Crippen molar-refractivity contribution in [1.82, 2.24) is 14.9 Å². The molecule has 2 aromatic heterocycles. The first-order valence-corrected chi connectivity index (χ1v) is 11.3. The number of anilines is 1. The molecule has 0 radical (unpaired) electrons. The van der Waals surface area contributed by atoms with Gasteiger partial charge in [0.2, 0.25) is 5.95 Å². The molecule has 0 unspecified atom stereocenters. The Morgan fingerprint density at radius 3 is 2.61 bits per heavy atom. The summed E-state index contributed by atoms with van der Waals surface area (Å²) >= 11 is 1.47. The standard InChI is InChI=1S/C25H21FN4O2S/c26-22-8-2-6-20(28-22)14-25(32)15-30(16-25)24(31)18-9-11-19(12-10-18)29-33-21-7-1-4-17-5-3-13-27-23(17)21/h1-13,29,32H,14-16H2. The average Bonchev–Trinajstić information content (AvgIpc) is 2.81. The molecule has 1 aliphatic heterocycles. The second kappa shape index (κ2) is 8.80. The molecule has 3 heterocycles. The first-order chi connectivity index (χ1) is 16.0. The molecular formula is C25H21FN4O2S. The molecule has 1 aliphatic rings. The van der Waals surface area contributed by atoms with Crippen molar-refractivity contribution in [3.8, 4) is 0 Å². The van der Waals surface area contributed by atoms with Gasteiger partial charge in [0.1, 0.15) is 5.60 Å². The van der Waals surface area contributed by atoms with Crippen LogP contribution >= 0.6 is 11.9 Å². The number of aromatic nitrogens is 2. The summed E-state index contributed by atoms with van der Waals surface area (Å²) in [5.41, 5.74) is 1.73. The molecular weight excluding hydrogens is 439 g/mol. The van der Waals surface area contributed by atoms with E-state index in [-0.39, 0.29) is 25.4 Å². The maximum Gasteiger partial charge on any atom is 0.254 e. The Hall–Kier alpha value is -3.49. The first kappa shape index (κ1) is 21.4. The number of benzene rings is 2. The topological polar surface area (TPSA) is 78.4 Å². The predicted octanol–water partition coefficient (Wildman–Crippen LogP) is 4.32. The van der Waals surface area contributed by atoms with Crippen LogP contribution in [0.5, 0.6) is 0 Å². The van der Waals surface area contributed by atoms with Gasteiger partial charge in [-0.15, -0.1) is 0 Å². The minimum atomic E-state index is -1.08. The van der Waals surface area contributed by atoms with Crippen molar-refractivity contribution < 1.29 is 14.3 Å². The van der Waals surface area contributed by atoms with Crippen molar-refractivity contribution in [2.75, 3.05) is 17.8 Å². The fraction of sp³-hybridized carbons (Fsp3) is 0.160. The zero-order valence-corrected chi connectivity index (χ0v) is 18.4. The van der Waals surface area contributed by atoms with E-state index in [1.54, 1.807) is 35.4 Å². The van der Waals surface area contributed by atoms with Crippen LogP contribution in [0.3, 0.4) is 0 Å². The Kier molecular flexibility index (Phi) is 5.70. The number of pyridine rings is 2. The minimum Gasteiger partial charge on any atom is -0.386 e. The zero-order chi connectivity index (χ0) is 22.8. The molecule has 1 amide bonds. The lowest BCUT2D eigenvalue weighted by molar-refractivity contribution is -0.0805. The van der Waals surface area contributed by atoms with Crippen LogP contribution in [0.4, 0.5) is 10.1 Å². The summed E-state index contributed by atoms with van der Waals surface area (Å²) in [5.74, 6) is -0.726. The molecule has 33 heavy (non-hydrogen) atoms. The van der Waals surface area contributed by atoms with E-state index >= 15 is 0 Å². The lowest BCUT2D eigenvalue weighted by Gasteiger charge is -2.46. The van der Waals surface area contributed by atoms with Crippen molar-refractivity contribution in [3.63, 3.8) is 0 Å². The van der Waals surface area contributed by atoms with Gasteiger partial charge in [0.15, 0.2) is 0 Å². The third-order valence-corrected chi connectivity index (χ3v) is 6.43. The van der Waals surface area contributed by atoms with Gasteiger partial charge in [0, 0.05) is 34.9 Å². The molecule has 166 valence electrons. The fourth-order valence-electron chi connectivity index (χ4n) is 3.94. The molecule has 4 aromatic rings. The number of para-hydroxylation sites is 1. The van der Waals surface area contributed by atoms with Crippen LogP contribution in [-0.2, 0) is 6.42 Å². The Bertz CT molecular complexity index is 1300. The van der Waals surface area contributed by atoms with Gasteiger partial charge in [-0.25, -0.2) is 4.98 Å². The number of likely N-dealkylation sites (tertiary alicyclic amines) is 1. The molecule has 2 aromatic carbocycles. The van der Waals surface area contributed by atoms with E-state index in [1.807, 2.05) is 42.5 Å². The lowest BCUT2D eigenvalue weighted by atomic mass is 9.88. The maximum atomic E-state index is 13.3. The summed E-state index contributed by atoms with van der Waals surface area (Å²) in [5, 5.41) is 11.7. The van der Waals surface area contributed by atoms with Gasteiger partial charge in [0.25, 0.3) is 5.91 Å². The molecule has 0 spiro atoms. The summed E-state index contributed by atoms with van der Waals surface area (Å²) in [6.07, 6.45) is 1.98. The van der Waals surface area contributed by atoms with Crippen LogP contribution in [-0.4, -0.2) is 44.6 Å². The number of hydrogen-bond donors (Lipinski definition) is 2. The number of hydrogen-bond acceptors (Lipinski definition) is 6. The Labute approximate surface area is 194 Å². The van der Waals surface area contributed by atoms with Crippen LogP contribution in [0, 0.1) is 5.95 Å². The van der Waals surface area contributed by atoms with E-state index in [0.29, 0.717) is 11.3 Å². The van der Waals surface area contributed by atoms with E-state index in [4.69, 9.17) is 0 Å². The smallest absolute Gasteiger partial charge is 0.254 e. The minimum absolute atomic E-state index is 0.149. The van der Waals surface area contributed by atoms with E-state index < -0.39 is 11.5 Å². The second-order valence-corrected chi connectivity index (χ2v) is 8.97. The number of halogens is 1. The van der Waals surface area contributed by atoms with Crippen LogP contribution in [0.1, 0.15) is 16.1 Å². The maximum absolute atomic E-state index is 13.3. The number of nitrogens with one attached hydrogen (secondary N) is 1. The van der Waals surface area contributed by atoms with Crippen molar-refractivity contribution in [3.05, 3.63) is 96.2 Å². The molecule has 0 bridgehead atoms. The van der Waals surface area contributed by atoms with Gasteiger partial charge < -0.3 is 14.7 Å². The molecule has 2 N–H and O–H groups in total. The molecule has 1 fully saturated rings. The van der Waals surface area contributed by atoms with E-state index in [9.17, 15) is 14.3 Å². The van der Waals surface area contributed by atoms with Crippen molar-refractivity contribution in [1.29, 1.82) is 0 Å². The Morgan fingerprint density at radius 2 is 1.82 bits per heavy atom. The molecule has 1 saturated heterocycles. The number of nitrogens with zero attached hydrogens (tertiary/aromatic N) is 3. The Balaban J connectivity index is 1.18. The number of amides is 1. The summed E-state index contributed by atoms with van der Waals surface area (Å²) in [7, 11) is 0. The third-order valence-electron chi connectivity index (χ3n) is 5.55. The van der Waals surface area contributed by atoms with Crippen LogP contribution in [0.15, 0.2) is 83.9 Å². The third kappa shape index (κ3) is 4.67. The average molecular weight is 461 g/mol. The van der Waals surface area contributed by atoms with Crippen molar-refractivity contribution in [2.24, 2.45) is 0 Å². The fourth-order valence-corrected chi connectivity index (χ4v) is 4.72. The number of rotatable bonds is 6. The SMILES string of the molecule is O=C(c1ccc(NSc2cccc3cccnc23)cc1)N1CC(O)(Cc2cccc(F)n2)C1. The van der Waals surface area contributed by atoms with Gasteiger partial charge in [0.05, 0.1) is 23.5 Å². The van der Waals surface area contributed by atoms with Gasteiger partial charge >= 0.3 is 0 Å². The highest BCUT2D eigenvalue weighted by Crippen LogP contribution is 2.29. The van der Waals surface area contributed by atoms with Gasteiger partial charge in [-0.05, 0) is 60.5 Å². The van der Waals surface area contributed by atoms with Gasteiger partial charge in [-0.2, -0.15) is 4.39 Å². The first-order valence-electron chi connectivity index (χ1n) is 10.5. The molecule has 5 rings (SSSR count). The van der Waals surface area contributed by atoms with Crippen molar-refractivity contribution in [2.45, 2.75) is 16.9 Å². The number of carbonyl (C=O) groups is 1. The second-order valence-electron chi connectivity index (χ2n) is 8.13. The molecule has 0 saturated carbocycles. The number of aliphatic hydroxyl groups is 1. The van der Waals surface area contributed by atoms with Crippen molar-refractivity contribution >= 4 is 34.4 Å². The highest BCUT2D eigenvalue weighted by molar-refractivity contribution is 8.00. The quantitative estimate of drug-likeness (QED) is 0.330. The summed E-state index contributed by atoms with van der Waals surface area (Å²) in [4.78, 5) is 23.6. The van der Waals surface area contributed by atoms with Gasteiger partial charge in [-0.1, -0.05) is 24.3 Å². The van der Waals surface area contributed by atoms with E-state index in [2.05, 4.69) is 14.7 Å². The highest BCUT2D eigenvalue weighted by atomic mass is 32.2. The number of fused-ring (bicyclic) bond motifs is 1. The normalized spacial score (nSPS) is 14.7. The van der Waals surface area contributed by atoms with Crippen LogP contribution in [0.2, 0.25) is 0 Å². The van der Waals surface area contributed by atoms with Gasteiger partial charge in [-0.3, -0.25) is 9.78 Å². The lowest BCUT2D eigenvalue weighted by Crippen LogP contribution is -2.64. The number of β-amino-alcohol motifs (C(OH)–C–C–N with tert-alkyl or cyclic N) is 1. The summed E-state index contributed by atoms with van der Waals surface area (Å²) in [6, 6.07) is 21.7. The van der Waals surface area contributed by atoms with Crippen LogP contribution < -0.4 is 4.72 Å². The number of carbonyl (C=O) groups excluding carboxylic acids is 1. The van der Waals surface area contributed by atoms with E-state index in [0.717, 1.165) is 21.5 Å². The molecule has 0 aliphatic carbocycles. The molecule has 8 heteroatoms. The largest absolute Gasteiger partial charge is 0.386 e. The zero-order valence-electron chi connectivity index (χ0n) is 17.6.